The molecule has 3 heterocycles. The molecule has 1 atom stereocenters. The number of ketones is 1. The number of carbonyl (C=O) groups is 3. The van der Waals surface area contributed by atoms with Gasteiger partial charge in [-0.05, 0) is 81.3 Å². The Balaban J connectivity index is 0.889. The van der Waals surface area contributed by atoms with Gasteiger partial charge in [0.15, 0.2) is 11.6 Å². The maximum absolute atomic E-state index is 13.2. The Hall–Kier alpha value is -5.65. The van der Waals surface area contributed by atoms with Crippen LogP contribution in [0.1, 0.15) is 84.8 Å². The van der Waals surface area contributed by atoms with Gasteiger partial charge >= 0.3 is 0 Å². The van der Waals surface area contributed by atoms with E-state index >= 15 is 0 Å². The molecule has 2 amide bonds. The second kappa shape index (κ2) is 20.2. The van der Waals surface area contributed by atoms with Crippen molar-refractivity contribution in [3.63, 3.8) is 0 Å². The lowest BCUT2D eigenvalue weighted by molar-refractivity contribution is -0.121. The first kappa shape index (κ1) is 42.0. The van der Waals surface area contributed by atoms with Gasteiger partial charge in [0, 0.05) is 57.2 Å². The smallest absolute Gasteiger partial charge is 0.251 e. The average Bonchev–Trinajstić information content (AvgIpc) is 3.71. The van der Waals surface area contributed by atoms with E-state index in [-0.39, 0.29) is 24.0 Å². The largest absolute Gasteiger partial charge is 0.494 e. The van der Waals surface area contributed by atoms with E-state index < -0.39 is 6.04 Å². The molecular weight excluding hydrogens is 776 g/mol. The van der Waals surface area contributed by atoms with Crippen LogP contribution in [0.4, 0.5) is 0 Å². The van der Waals surface area contributed by atoms with Crippen molar-refractivity contribution in [2.75, 3.05) is 46.1 Å². The zero-order valence-electron chi connectivity index (χ0n) is 32.7. The summed E-state index contributed by atoms with van der Waals surface area (Å²) in [6, 6.07) is 20.5. The summed E-state index contributed by atoms with van der Waals surface area (Å²) in [4.78, 5) is 45.1. The van der Waals surface area contributed by atoms with Crippen molar-refractivity contribution in [2.45, 2.75) is 46.1 Å². The predicted octanol–water partition coefficient (Wildman–Crippen LogP) is 6.79. The molecule has 0 saturated heterocycles. The molecule has 58 heavy (non-hydrogen) atoms. The number of hydrogen-bond acceptors (Lipinski definition) is 10. The number of fused-ring (bicyclic) bond motifs is 3. The molecule has 2 aromatic heterocycles. The Morgan fingerprint density at radius 1 is 0.828 bits per heavy atom. The molecule has 6 rings (SSSR count). The quantitative estimate of drug-likeness (QED) is 0.0526. The molecule has 12 nitrogen and oxygen atoms in total. The number of aryl methyl sites for hydroxylation is 2. The van der Waals surface area contributed by atoms with Gasteiger partial charge in [-0.25, -0.2) is 0 Å². The van der Waals surface area contributed by atoms with E-state index in [2.05, 4.69) is 40.6 Å². The first-order valence-electron chi connectivity index (χ1n) is 19.0. The molecule has 0 bridgehead atoms. The van der Waals surface area contributed by atoms with Crippen LogP contribution >= 0.6 is 22.9 Å². The van der Waals surface area contributed by atoms with E-state index in [0.717, 1.165) is 39.6 Å². The number of thiophene rings is 1. The minimum Gasteiger partial charge on any atom is -0.494 e. The lowest BCUT2D eigenvalue weighted by Crippen LogP contribution is -2.29. The number of halogens is 1. The number of nitrogens with zero attached hydrogens (tertiary/aromatic N) is 4. The molecule has 14 heteroatoms. The number of ether oxygens (including phenoxy) is 3. The lowest BCUT2D eigenvalue weighted by atomic mass is 9.99. The Bertz CT molecular complexity index is 2290. The van der Waals surface area contributed by atoms with Gasteiger partial charge in [-0.3, -0.25) is 23.9 Å². The van der Waals surface area contributed by atoms with E-state index in [0.29, 0.717) is 85.8 Å². The van der Waals surface area contributed by atoms with Crippen LogP contribution < -0.4 is 15.4 Å². The van der Waals surface area contributed by atoms with Crippen LogP contribution in [0.2, 0.25) is 5.02 Å². The number of aromatic nitrogens is 3. The first-order chi connectivity index (χ1) is 28.1. The molecule has 1 aliphatic rings. The van der Waals surface area contributed by atoms with Crippen molar-refractivity contribution in [1.82, 2.24) is 25.4 Å². The summed E-state index contributed by atoms with van der Waals surface area (Å²) < 4.78 is 18.9. The number of nitrogens with one attached hydrogen (secondary N) is 2. The van der Waals surface area contributed by atoms with E-state index in [1.165, 1.54) is 4.88 Å². The number of carbonyl (C=O) groups excluding carboxylic acids is 3. The third-order valence-electron chi connectivity index (χ3n) is 9.47. The zero-order valence-corrected chi connectivity index (χ0v) is 34.3. The number of terminal acetylenes is 1. The summed E-state index contributed by atoms with van der Waals surface area (Å²) in [5.41, 5.74) is 5.26. The van der Waals surface area contributed by atoms with Crippen molar-refractivity contribution in [2.24, 2.45) is 4.99 Å². The molecule has 0 fully saturated rings. The Morgan fingerprint density at radius 2 is 1.47 bits per heavy atom. The highest BCUT2D eigenvalue weighted by molar-refractivity contribution is 7.15. The summed E-state index contributed by atoms with van der Waals surface area (Å²) in [7, 11) is 0. The van der Waals surface area contributed by atoms with Crippen molar-refractivity contribution < 1.29 is 28.6 Å². The Labute approximate surface area is 347 Å². The minimum absolute atomic E-state index is 0.0826. The van der Waals surface area contributed by atoms with Gasteiger partial charge in [0.25, 0.3) is 5.91 Å². The van der Waals surface area contributed by atoms with Gasteiger partial charge in [-0.2, -0.15) is 0 Å². The highest BCUT2D eigenvalue weighted by Gasteiger charge is 2.32. The van der Waals surface area contributed by atoms with Crippen LogP contribution in [0.3, 0.4) is 0 Å². The molecule has 3 aromatic carbocycles. The molecule has 300 valence electrons. The summed E-state index contributed by atoms with van der Waals surface area (Å²) in [5.74, 6) is 3.99. The highest BCUT2D eigenvalue weighted by Crippen LogP contribution is 2.39. The van der Waals surface area contributed by atoms with Crippen molar-refractivity contribution >= 4 is 46.2 Å². The molecule has 0 aliphatic carbocycles. The van der Waals surface area contributed by atoms with Crippen LogP contribution in [0.5, 0.6) is 5.75 Å². The number of aliphatic imine (C=N–C) groups is 1. The van der Waals surface area contributed by atoms with Gasteiger partial charge in [0.1, 0.15) is 22.6 Å². The van der Waals surface area contributed by atoms with Gasteiger partial charge in [0.2, 0.25) is 5.91 Å². The highest BCUT2D eigenvalue weighted by atomic mass is 35.5. The number of amides is 2. The van der Waals surface area contributed by atoms with Crippen molar-refractivity contribution in [3.05, 3.63) is 128 Å². The maximum Gasteiger partial charge on any atom is 0.251 e. The van der Waals surface area contributed by atoms with Crippen LogP contribution in [0.15, 0.2) is 77.8 Å². The zero-order chi connectivity index (χ0) is 41.0. The van der Waals surface area contributed by atoms with E-state index in [1.807, 2.05) is 35.8 Å². The Kier molecular flexibility index (Phi) is 14.6. The van der Waals surface area contributed by atoms with Crippen LogP contribution in [0.25, 0.3) is 5.00 Å². The monoisotopic (exact) mass is 820 g/mol. The summed E-state index contributed by atoms with van der Waals surface area (Å²) in [6.07, 6.45) is 6.76. The number of rotatable bonds is 19. The summed E-state index contributed by atoms with van der Waals surface area (Å²) in [6.45, 7) is 8.44. The second-order valence-corrected chi connectivity index (χ2v) is 15.2. The molecule has 5 aromatic rings. The van der Waals surface area contributed by atoms with Gasteiger partial charge in [-0.1, -0.05) is 35.9 Å². The first-order valence-corrected chi connectivity index (χ1v) is 20.2. The van der Waals surface area contributed by atoms with Gasteiger partial charge < -0.3 is 24.8 Å². The van der Waals surface area contributed by atoms with E-state index in [1.54, 1.807) is 59.9 Å². The van der Waals surface area contributed by atoms with Crippen LogP contribution in [-0.2, 0) is 14.3 Å². The molecule has 0 spiro atoms. The normalized spacial score (nSPS) is 13.1. The fourth-order valence-electron chi connectivity index (χ4n) is 6.31. The summed E-state index contributed by atoms with van der Waals surface area (Å²) in [5, 5.41) is 16.2. The third kappa shape index (κ3) is 10.4. The molecular formula is C44H45ClN6O6S. The molecule has 0 radical (unpaired) electrons. The topological polar surface area (TPSA) is 146 Å². The van der Waals surface area contributed by atoms with Crippen LogP contribution in [-0.4, -0.2) is 84.2 Å². The number of unbranched alkanes of at least 4 members (excludes halogenated alkanes) is 1. The minimum atomic E-state index is -0.560. The average molecular weight is 821 g/mol. The van der Waals surface area contributed by atoms with E-state index in [9.17, 15) is 14.4 Å². The standard InChI is InChI=1S/C44H45ClN6O6S/c1-5-6-7-22-57-36-18-14-33(15-19-36)41(53)32-8-10-34(11-9-32)43(54)47-21-24-56-26-25-55-23-20-46-38(52)27-37-42-50-49-30(4)51(42)44-39(28(2)29(3)58-44)40(48-37)31-12-16-35(45)17-13-31/h1,8-19,37H,6-7,20-27H2,2-4H3,(H,46,52)(H,47,54)/t37-/m0/s1. The van der Waals surface area contributed by atoms with Gasteiger partial charge in [0.05, 0.1) is 45.2 Å². The maximum atomic E-state index is 13.2. The molecule has 2 N–H and O–H groups in total. The second-order valence-electron chi connectivity index (χ2n) is 13.5. The fourth-order valence-corrected chi connectivity index (χ4v) is 7.65. The third-order valence-corrected chi connectivity index (χ3v) is 10.9. The lowest BCUT2D eigenvalue weighted by Gasteiger charge is -2.13. The molecule has 0 saturated carbocycles. The molecule has 1 aliphatic heterocycles. The van der Waals surface area contributed by atoms with Crippen molar-refractivity contribution in [3.8, 4) is 23.1 Å². The van der Waals surface area contributed by atoms with Gasteiger partial charge in [-0.15, -0.1) is 33.9 Å². The summed E-state index contributed by atoms with van der Waals surface area (Å²) >= 11 is 7.87. The van der Waals surface area contributed by atoms with Crippen molar-refractivity contribution in [1.29, 1.82) is 0 Å². The number of hydrogen-bond donors (Lipinski definition) is 2. The van der Waals surface area contributed by atoms with E-state index in [4.69, 9.17) is 37.2 Å². The SMILES string of the molecule is C#CCCCOc1ccc(C(=O)c2ccc(C(=O)NCCOCCOCCNC(=O)C[C@@H]3N=C(c4ccc(Cl)cc4)c4c(sc(C)c4C)-n4c(C)nnc43)cc2)cc1. The van der Waals surface area contributed by atoms with Crippen LogP contribution in [0, 0.1) is 33.1 Å². The predicted molar refractivity (Wildman–Crippen MR) is 225 cm³/mol. The number of benzene rings is 3. The Morgan fingerprint density at radius 3 is 2.14 bits per heavy atom. The molecule has 0 unspecified atom stereocenters. The fraction of sp³-hybridized carbons (Fsp3) is 0.318.